The van der Waals surface area contributed by atoms with Crippen LogP contribution in [0.5, 0.6) is 5.75 Å². The number of benzene rings is 1. The molecule has 7 heteroatoms. The number of aromatic nitrogens is 1. The first-order valence-electron chi connectivity index (χ1n) is 6.72. The number of carboxylic acid groups (broad SMARTS) is 1. The number of nitrogens with one attached hydrogen (secondary N) is 1. The summed E-state index contributed by atoms with van der Waals surface area (Å²) in [5, 5.41) is 21.4. The van der Waals surface area contributed by atoms with Gasteiger partial charge in [-0.2, -0.15) is 0 Å². The summed E-state index contributed by atoms with van der Waals surface area (Å²) in [6.07, 6.45) is 2.89. The average Bonchev–Trinajstić information content (AvgIpc) is 2.98. The van der Waals surface area contributed by atoms with Gasteiger partial charge in [0.1, 0.15) is 6.54 Å². The molecule has 3 N–H and O–H groups in total. The number of aliphatic carboxylic acids is 1. The predicted octanol–water partition coefficient (Wildman–Crippen LogP) is 2.01. The molecule has 0 aliphatic rings. The standard InChI is InChI=1S/C16H12N2O5/c19-12(20)7-18-16(22)13-14(21)15-10(6-17-13)11(8-23-15)9-4-2-1-3-5-9/h1-6,8,21H,7H2,(H,18,22)(H,19,20). The van der Waals surface area contributed by atoms with Gasteiger partial charge in [0.05, 0.1) is 11.6 Å². The lowest BCUT2D eigenvalue weighted by atomic mass is 10.1. The Kier molecular flexibility index (Phi) is 3.68. The first-order chi connectivity index (χ1) is 11.1. The molecule has 23 heavy (non-hydrogen) atoms. The Labute approximate surface area is 130 Å². The van der Waals surface area contributed by atoms with Crippen molar-refractivity contribution in [2.24, 2.45) is 0 Å². The fraction of sp³-hybridized carbons (Fsp3) is 0.0625. The van der Waals surface area contributed by atoms with Gasteiger partial charge < -0.3 is 19.9 Å². The molecule has 0 saturated heterocycles. The van der Waals surface area contributed by atoms with Crippen LogP contribution in [0, 0.1) is 0 Å². The van der Waals surface area contributed by atoms with E-state index in [-0.39, 0.29) is 11.3 Å². The number of amides is 1. The van der Waals surface area contributed by atoms with Crippen molar-refractivity contribution in [1.29, 1.82) is 0 Å². The third kappa shape index (κ3) is 2.71. The zero-order chi connectivity index (χ0) is 16.4. The molecule has 2 aromatic heterocycles. The van der Waals surface area contributed by atoms with Crippen LogP contribution >= 0.6 is 0 Å². The summed E-state index contributed by atoms with van der Waals surface area (Å²) >= 11 is 0. The number of furan rings is 1. The summed E-state index contributed by atoms with van der Waals surface area (Å²) < 4.78 is 5.36. The van der Waals surface area contributed by atoms with Crippen LogP contribution in [0.25, 0.3) is 22.1 Å². The maximum Gasteiger partial charge on any atom is 0.322 e. The van der Waals surface area contributed by atoms with E-state index in [0.717, 1.165) is 11.1 Å². The lowest BCUT2D eigenvalue weighted by Gasteiger charge is -2.04. The van der Waals surface area contributed by atoms with Crippen molar-refractivity contribution < 1.29 is 24.2 Å². The van der Waals surface area contributed by atoms with E-state index in [4.69, 9.17) is 9.52 Å². The lowest BCUT2D eigenvalue weighted by Crippen LogP contribution is -2.29. The van der Waals surface area contributed by atoms with E-state index in [2.05, 4.69) is 10.3 Å². The normalized spacial score (nSPS) is 10.6. The van der Waals surface area contributed by atoms with Crippen LogP contribution in [-0.4, -0.2) is 33.6 Å². The maximum atomic E-state index is 11.9. The monoisotopic (exact) mass is 312 g/mol. The molecule has 0 bridgehead atoms. The van der Waals surface area contributed by atoms with Gasteiger partial charge in [0.2, 0.25) is 0 Å². The fourth-order valence-corrected chi connectivity index (χ4v) is 2.22. The van der Waals surface area contributed by atoms with Gasteiger partial charge in [-0.1, -0.05) is 30.3 Å². The molecule has 0 radical (unpaired) electrons. The molecule has 0 fully saturated rings. The van der Waals surface area contributed by atoms with E-state index in [1.54, 1.807) is 0 Å². The van der Waals surface area contributed by atoms with Crippen molar-refractivity contribution >= 4 is 22.8 Å². The summed E-state index contributed by atoms with van der Waals surface area (Å²) in [5.74, 6) is -2.40. The van der Waals surface area contributed by atoms with Crippen LogP contribution in [0.3, 0.4) is 0 Å². The Balaban J connectivity index is 2.01. The number of carbonyl (C=O) groups excluding carboxylic acids is 1. The molecule has 116 valence electrons. The zero-order valence-corrected chi connectivity index (χ0v) is 11.8. The summed E-state index contributed by atoms with van der Waals surface area (Å²) in [7, 11) is 0. The Morgan fingerprint density at radius 1 is 1.22 bits per heavy atom. The van der Waals surface area contributed by atoms with Gasteiger partial charge in [-0.05, 0) is 5.56 Å². The first-order valence-corrected chi connectivity index (χ1v) is 6.72. The molecule has 0 aliphatic carbocycles. The van der Waals surface area contributed by atoms with Gasteiger partial charge >= 0.3 is 5.97 Å². The molecule has 0 aliphatic heterocycles. The first kappa shape index (κ1) is 14.6. The highest BCUT2D eigenvalue weighted by Crippen LogP contribution is 2.35. The van der Waals surface area contributed by atoms with Crippen molar-refractivity contribution in [2.75, 3.05) is 6.54 Å². The van der Waals surface area contributed by atoms with Crippen molar-refractivity contribution in [2.45, 2.75) is 0 Å². The van der Waals surface area contributed by atoms with Crippen molar-refractivity contribution in [3.05, 3.63) is 48.5 Å². The third-order valence-corrected chi connectivity index (χ3v) is 3.29. The number of carbonyl (C=O) groups is 2. The van der Waals surface area contributed by atoms with E-state index >= 15 is 0 Å². The van der Waals surface area contributed by atoms with Gasteiger partial charge in [0, 0.05) is 11.8 Å². The number of fused-ring (bicyclic) bond motifs is 1. The summed E-state index contributed by atoms with van der Waals surface area (Å²) in [5.41, 5.74) is 1.46. The van der Waals surface area contributed by atoms with E-state index < -0.39 is 24.2 Å². The van der Waals surface area contributed by atoms with Crippen LogP contribution in [0.15, 0.2) is 47.2 Å². The topological polar surface area (TPSA) is 113 Å². The SMILES string of the molecule is O=C(O)CNC(=O)c1ncc2c(-c3ccccc3)coc2c1O. The number of carboxylic acids is 1. The van der Waals surface area contributed by atoms with Gasteiger partial charge in [-0.15, -0.1) is 0 Å². The third-order valence-electron chi connectivity index (χ3n) is 3.29. The number of nitrogens with zero attached hydrogens (tertiary/aromatic N) is 1. The van der Waals surface area contributed by atoms with Crippen LogP contribution < -0.4 is 5.32 Å². The molecular weight excluding hydrogens is 300 g/mol. The van der Waals surface area contributed by atoms with Crippen LogP contribution in [-0.2, 0) is 4.79 Å². The minimum atomic E-state index is -1.19. The minimum Gasteiger partial charge on any atom is -0.503 e. The molecule has 3 rings (SSSR count). The molecule has 0 atom stereocenters. The smallest absolute Gasteiger partial charge is 0.322 e. The Morgan fingerprint density at radius 2 is 1.96 bits per heavy atom. The largest absolute Gasteiger partial charge is 0.503 e. The summed E-state index contributed by atoms with van der Waals surface area (Å²) in [6, 6.07) is 9.39. The van der Waals surface area contributed by atoms with Crippen molar-refractivity contribution in [1.82, 2.24) is 10.3 Å². The van der Waals surface area contributed by atoms with E-state index in [1.165, 1.54) is 12.5 Å². The molecule has 1 amide bonds. The quantitative estimate of drug-likeness (QED) is 0.679. The second-order valence-corrected chi connectivity index (χ2v) is 4.79. The Hall–Kier alpha value is -3.35. The highest BCUT2D eigenvalue weighted by atomic mass is 16.4. The van der Waals surface area contributed by atoms with Crippen molar-refractivity contribution in [3.63, 3.8) is 0 Å². The molecule has 7 nitrogen and oxygen atoms in total. The fourth-order valence-electron chi connectivity index (χ4n) is 2.22. The molecule has 1 aromatic carbocycles. The molecule has 0 spiro atoms. The second kappa shape index (κ2) is 5.80. The van der Waals surface area contributed by atoms with Gasteiger partial charge in [0.25, 0.3) is 5.91 Å². The van der Waals surface area contributed by atoms with Gasteiger partial charge in [-0.3, -0.25) is 9.59 Å². The van der Waals surface area contributed by atoms with Crippen molar-refractivity contribution in [3.8, 4) is 16.9 Å². The minimum absolute atomic E-state index is 0.124. The maximum absolute atomic E-state index is 11.9. The number of aromatic hydroxyl groups is 1. The van der Waals surface area contributed by atoms with E-state index in [1.807, 2.05) is 30.3 Å². The second-order valence-electron chi connectivity index (χ2n) is 4.79. The molecular formula is C16H12N2O5. The average molecular weight is 312 g/mol. The zero-order valence-electron chi connectivity index (χ0n) is 11.8. The molecule has 3 aromatic rings. The number of pyridine rings is 1. The summed E-state index contributed by atoms with van der Waals surface area (Å²) in [6.45, 7) is -0.564. The Bertz CT molecular complexity index is 886. The van der Waals surface area contributed by atoms with E-state index in [0.29, 0.717) is 5.39 Å². The van der Waals surface area contributed by atoms with Crippen LogP contribution in [0.2, 0.25) is 0 Å². The molecule has 0 saturated carbocycles. The number of hydrogen-bond acceptors (Lipinski definition) is 5. The van der Waals surface area contributed by atoms with Crippen LogP contribution in [0.1, 0.15) is 10.5 Å². The highest BCUT2D eigenvalue weighted by Gasteiger charge is 2.20. The predicted molar refractivity (Wildman–Crippen MR) is 81.1 cm³/mol. The van der Waals surface area contributed by atoms with Crippen LogP contribution in [0.4, 0.5) is 0 Å². The summed E-state index contributed by atoms with van der Waals surface area (Å²) in [4.78, 5) is 26.3. The number of rotatable bonds is 4. The lowest BCUT2D eigenvalue weighted by molar-refractivity contribution is -0.135. The molecule has 0 unspecified atom stereocenters. The molecule has 2 heterocycles. The van der Waals surface area contributed by atoms with Gasteiger partial charge in [0.15, 0.2) is 17.0 Å². The Morgan fingerprint density at radius 3 is 2.65 bits per heavy atom. The van der Waals surface area contributed by atoms with Gasteiger partial charge in [-0.25, -0.2) is 4.98 Å². The van der Waals surface area contributed by atoms with E-state index in [9.17, 15) is 14.7 Å². The number of hydrogen-bond donors (Lipinski definition) is 3. The highest BCUT2D eigenvalue weighted by molar-refractivity contribution is 6.04.